The van der Waals surface area contributed by atoms with E-state index in [0.717, 1.165) is 22.3 Å². The summed E-state index contributed by atoms with van der Waals surface area (Å²) in [6.07, 6.45) is 0. The van der Waals surface area contributed by atoms with E-state index in [2.05, 4.69) is 34.6 Å². The molecule has 0 N–H and O–H groups in total. The van der Waals surface area contributed by atoms with E-state index in [1.807, 2.05) is 37.3 Å². The molecule has 110 valence electrons. The Kier molecular flexibility index (Phi) is 4.32. The Balaban J connectivity index is 2.55. The highest BCUT2D eigenvalue weighted by atomic mass is 16.1. The first-order chi connectivity index (χ1) is 9.86. The molecule has 0 aliphatic carbocycles. The Labute approximate surface area is 128 Å². The second kappa shape index (κ2) is 5.85. The molecule has 0 aliphatic heterocycles. The lowest BCUT2D eigenvalue weighted by Gasteiger charge is -2.20. The predicted molar refractivity (Wildman–Crippen MR) is 89.3 cm³/mol. The van der Waals surface area contributed by atoms with Gasteiger partial charge in [-0.25, -0.2) is 0 Å². The van der Waals surface area contributed by atoms with E-state index >= 15 is 0 Å². The highest BCUT2D eigenvalue weighted by Crippen LogP contribution is 2.30. The molecule has 2 rings (SSSR count). The number of ketones is 1. The van der Waals surface area contributed by atoms with Gasteiger partial charge in [-0.05, 0) is 68.0 Å². The third-order valence-electron chi connectivity index (χ3n) is 4.94. The van der Waals surface area contributed by atoms with Crippen LogP contribution in [0.15, 0.2) is 30.3 Å². The van der Waals surface area contributed by atoms with Crippen molar-refractivity contribution in [2.24, 2.45) is 0 Å². The number of benzene rings is 2. The molecule has 2 aromatic carbocycles. The van der Waals surface area contributed by atoms with Crippen LogP contribution in [0.3, 0.4) is 0 Å². The average Bonchev–Trinajstić information content (AvgIpc) is 2.51. The molecule has 0 fully saturated rings. The van der Waals surface area contributed by atoms with Crippen molar-refractivity contribution in [1.29, 1.82) is 0 Å². The molecule has 0 aromatic heterocycles. The van der Waals surface area contributed by atoms with Crippen LogP contribution in [0, 0.1) is 34.6 Å². The number of hydrogen-bond donors (Lipinski definition) is 0. The van der Waals surface area contributed by atoms with Crippen molar-refractivity contribution in [2.45, 2.75) is 47.5 Å². The summed E-state index contributed by atoms with van der Waals surface area (Å²) in [5.41, 5.74) is 8.02. The Morgan fingerprint density at radius 3 is 1.67 bits per heavy atom. The van der Waals surface area contributed by atoms with Crippen molar-refractivity contribution in [1.82, 2.24) is 0 Å². The Morgan fingerprint density at radius 1 is 0.762 bits per heavy atom. The smallest absolute Gasteiger partial charge is 0.170 e. The highest BCUT2D eigenvalue weighted by molar-refractivity contribution is 6.03. The quantitative estimate of drug-likeness (QED) is 0.705. The van der Waals surface area contributed by atoms with E-state index in [9.17, 15) is 4.79 Å². The van der Waals surface area contributed by atoms with Crippen LogP contribution in [0.5, 0.6) is 0 Å². The van der Waals surface area contributed by atoms with Gasteiger partial charge in [-0.2, -0.15) is 0 Å². The SMILES string of the molecule is Cc1c(C)c(C)c(C(=O)C(C)c2ccccc2)c(C)c1C. The van der Waals surface area contributed by atoms with Crippen LogP contribution in [0.1, 0.15) is 56.6 Å². The minimum Gasteiger partial charge on any atom is -0.293 e. The first kappa shape index (κ1) is 15.5. The minimum absolute atomic E-state index is 0.106. The van der Waals surface area contributed by atoms with Crippen LogP contribution in [-0.2, 0) is 0 Å². The van der Waals surface area contributed by atoms with Gasteiger partial charge in [0.25, 0.3) is 0 Å². The van der Waals surface area contributed by atoms with Crippen molar-refractivity contribution in [3.63, 3.8) is 0 Å². The molecule has 0 spiro atoms. The largest absolute Gasteiger partial charge is 0.293 e. The summed E-state index contributed by atoms with van der Waals surface area (Å²) < 4.78 is 0. The summed E-state index contributed by atoms with van der Waals surface area (Å²) in [6.45, 7) is 12.5. The lowest BCUT2D eigenvalue weighted by molar-refractivity contribution is 0.0964. The Bertz CT molecular complexity index is 652. The van der Waals surface area contributed by atoms with Gasteiger partial charge in [-0.3, -0.25) is 4.79 Å². The lowest BCUT2D eigenvalue weighted by atomic mass is 9.83. The van der Waals surface area contributed by atoms with E-state index in [4.69, 9.17) is 0 Å². The maximum atomic E-state index is 13.0. The minimum atomic E-state index is -0.106. The molecule has 0 radical (unpaired) electrons. The van der Waals surface area contributed by atoms with Crippen LogP contribution in [0.25, 0.3) is 0 Å². The summed E-state index contributed by atoms with van der Waals surface area (Å²) in [5.74, 6) is 0.118. The van der Waals surface area contributed by atoms with Gasteiger partial charge in [0.15, 0.2) is 5.78 Å². The van der Waals surface area contributed by atoms with Gasteiger partial charge in [0.05, 0.1) is 0 Å². The van der Waals surface area contributed by atoms with E-state index in [0.29, 0.717) is 0 Å². The second-order valence-corrected chi connectivity index (χ2v) is 6.00. The normalized spacial score (nSPS) is 12.3. The van der Waals surface area contributed by atoms with Gasteiger partial charge in [0, 0.05) is 11.5 Å². The number of rotatable bonds is 3. The summed E-state index contributed by atoms with van der Waals surface area (Å²) in [5, 5.41) is 0. The first-order valence-electron chi connectivity index (χ1n) is 7.52. The topological polar surface area (TPSA) is 17.1 Å². The maximum absolute atomic E-state index is 13.0. The summed E-state index contributed by atoms with van der Waals surface area (Å²) in [6, 6.07) is 10.0. The zero-order valence-corrected chi connectivity index (χ0v) is 13.9. The third kappa shape index (κ3) is 2.65. The van der Waals surface area contributed by atoms with Crippen molar-refractivity contribution < 1.29 is 4.79 Å². The molecule has 0 amide bonds. The van der Waals surface area contributed by atoms with Crippen LogP contribution in [0.2, 0.25) is 0 Å². The lowest BCUT2D eigenvalue weighted by Crippen LogP contribution is -2.15. The molecule has 21 heavy (non-hydrogen) atoms. The number of carbonyl (C=O) groups is 1. The molecular formula is C20H24O. The predicted octanol–water partition coefficient (Wildman–Crippen LogP) is 5.22. The molecule has 1 nitrogen and oxygen atoms in total. The average molecular weight is 280 g/mol. The molecule has 2 aromatic rings. The molecule has 0 saturated carbocycles. The molecule has 1 atom stereocenters. The maximum Gasteiger partial charge on any atom is 0.170 e. The van der Waals surface area contributed by atoms with Gasteiger partial charge >= 0.3 is 0 Å². The van der Waals surface area contributed by atoms with Crippen molar-refractivity contribution in [3.05, 3.63) is 69.3 Å². The van der Waals surface area contributed by atoms with Crippen molar-refractivity contribution in [3.8, 4) is 0 Å². The molecule has 1 heteroatoms. The van der Waals surface area contributed by atoms with Crippen molar-refractivity contribution >= 4 is 5.78 Å². The molecule has 0 heterocycles. The van der Waals surface area contributed by atoms with Crippen LogP contribution < -0.4 is 0 Å². The number of carbonyl (C=O) groups excluding carboxylic acids is 1. The molecule has 1 unspecified atom stereocenters. The molecule has 0 bridgehead atoms. The molecule has 0 aliphatic rings. The van der Waals surface area contributed by atoms with Gasteiger partial charge in [-0.15, -0.1) is 0 Å². The van der Waals surface area contributed by atoms with E-state index in [1.165, 1.54) is 16.7 Å². The van der Waals surface area contributed by atoms with Gasteiger partial charge in [0.2, 0.25) is 0 Å². The number of Topliss-reactive ketones (excluding diaryl/α,β-unsaturated/α-hetero) is 1. The zero-order chi connectivity index (χ0) is 15.7. The standard InChI is InChI=1S/C20H24O/c1-12-13(2)15(4)19(16(5)14(12)3)20(21)17(6)18-10-8-7-9-11-18/h7-11,17H,1-6H3. The van der Waals surface area contributed by atoms with Gasteiger partial charge < -0.3 is 0 Å². The summed E-state index contributed by atoms with van der Waals surface area (Å²) in [4.78, 5) is 13.0. The summed E-state index contributed by atoms with van der Waals surface area (Å²) >= 11 is 0. The number of hydrogen-bond acceptors (Lipinski definition) is 1. The highest BCUT2D eigenvalue weighted by Gasteiger charge is 2.23. The first-order valence-corrected chi connectivity index (χ1v) is 7.52. The van der Waals surface area contributed by atoms with E-state index in [1.54, 1.807) is 0 Å². The van der Waals surface area contributed by atoms with Gasteiger partial charge in [-0.1, -0.05) is 37.3 Å². The van der Waals surface area contributed by atoms with Crippen molar-refractivity contribution in [2.75, 3.05) is 0 Å². The zero-order valence-electron chi connectivity index (χ0n) is 13.9. The monoisotopic (exact) mass is 280 g/mol. The van der Waals surface area contributed by atoms with E-state index in [-0.39, 0.29) is 11.7 Å². The van der Waals surface area contributed by atoms with Crippen LogP contribution >= 0.6 is 0 Å². The summed E-state index contributed by atoms with van der Waals surface area (Å²) in [7, 11) is 0. The fraction of sp³-hybridized carbons (Fsp3) is 0.350. The third-order valence-corrected chi connectivity index (χ3v) is 4.94. The van der Waals surface area contributed by atoms with Gasteiger partial charge in [0.1, 0.15) is 0 Å². The molecular weight excluding hydrogens is 256 g/mol. The fourth-order valence-corrected chi connectivity index (χ4v) is 2.98. The van der Waals surface area contributed by atoms with Crippen LogP contribution in [0.4, 0.5) is 0 Å². The molecule has 0 saturated heterocycles. The van der Waals surface area contributed by atoms with Crippen LogP contribution in [-0.4, -0.2) is 5.78 Å². The Morgan fingerprint density at radius 2 is 1.19 bits per heavy atom. The Hall–Kier alpha value is -1.89. The van der Waals surface area contributed by atoms with E-state index < -0.39 is 0 Å². The fourth-order valence-electron chi connectivity index (χ4n) is 2.98. The second-order valence-electron chi connectivity index (χ2n) is 6.00.